The minimum atomic E-state index is -0.161. The van der Waals surface area contributed by atoms with Crippen molar-refractivity contribution in [3.05, 3.63) is 29.8 Å². The second kappa shape index (κ2) is 6.02. The maximum atomic E-state index is 13.8. The molecule has 0 heterocycles. The van der Waals surface area contributed by atoms with Crippen LogP contribution in [-0.2, 0) is 10.2 Å². The normalized spacial score (nSPS) is 52.4. The largest absolute Gasteiger partial charge is 0.326 e. The van der Waals surface area contributed by atoms with E-state index >= 15 is 0 Å². The fourth-order valence-corrected chi connectivity index (χ4v) is 12.2. The summed E-state index contributed by atoms with van der Waals surface area (Å²) in [4.78, 5) is 13.8. The summed E-state index contributed by atoms with van der Waals surface area (Å²) in [7, 11) is 0. The van der Waals surface area contributed by atoms with Crippen molar-refractivity contribution < 1.29 is 4.79 Å². The minimum Gasteiger partial charge on any atom is -0.326 e. The Kier molecular flexibility index (Phi) is 3.78. The van der Waals surface area contributed by atoms with Crippen molar-refractivity contribution in [1.82, 2.24) is 0 Å². The zero-order valence-electron chi connectivity index (χ0n) is 20.4. The molecule has 0 atom stereocenters. The van der Waals surface area contributed by atoms with Gasteiger partial charge in [-0.1, -0.05) is 32.9 Å². The average molecular weight is 432 g/mol. The zero-order chi connectivity index (χ0) is 22.0. The second-order valence-corrected chi connectivity index (χ2v) is 15.0. The lowest BCUT2D eigenvalue weighted by molar-refractivity contribution is -0.188. The summed E-state index contributed by atoms with van der Waals surface area (Å²) >= 11 is 0. The molecule has 32 heavy (non-hydrogen) atoms. The first-order valence-corrected chi connectivity index (χ1v) is 13.5. The van der Waals surface area contributed by atoms with Gasteiger partial charge in [0, 0.05) is 5.69 Å². The fourth-order valence-electron chi connectivity index (χ4n) is 12.2. The molecule has 1 N–H and O–H groups in total. The Bertz CT molecular complexity index is 884. The molecule has 8 aliphatic carbocycles. The lowest BCUT2D eigenvalue weighted by atomic mass is 9.36. The molecule has 8 saturated carbocycles. The summed E-state index contributed by atoms with van der Waals surface area (Å²) in [6, 6.07) is 9.17. The van der Waals surface area contributed by atoms with Gasteiger partial charge >= 0.3 is 0 Å². The molecular weight excluding hydrogens is 390 g/mol. The first-order chi connectivity index (χ1) is 15.1. The second-order valence-electron chi connectivity index (χ2n) is 15.0. The maximum Gasteiger partial charge on any atom is 0.230 e. The van der Waals surface area contributed by atoms with Gasteiger partial charge in [-0.25, -0.2) is 0 Å². The van der Waals surface area contributed by atoms with Crippen LogP contribution in [0.25, 0.3) is 0 Å². The van der Waals surface area contributed by atoms with Crippen LogP contribution in [0.1, 0.15) is 103 Å². The molecule has 9 rings (SSSR count). The minimum absolute atomic E-state index is 0.161. The fraction of sp³-hybridized carbons (Fsp3) is 0.767. The molecule has 0 saturated heterocycles. The quantitative estimate of drug-likeness (QED) is 0.528. The third kappa shape index (κ3) is 2.86. The Morgan fingerprint density at radius 3 is 1.59 bits per heavy atom. The van der Waals surface area contributed by atoms with E-state index in [1.54, 1.807) is 5.56 Å². The van der Waals surface area contributed by atoms with Gasteiger partial charge < -0.3 is 5.32 Å². The van der Waals surface area contributed by atoms with Crippen molar-refractivity contribution in [2.45, 2.75) is 103 Å². The number of nitrogens with one attached hydrogen (secondary N) is 1. The van der Waals surface area contributed by atoms with Crippen LogP contribution in [0.2, 0.25) is 0 Å². The number of hydrogen-bond donors (Lipinski definition) is 1. The SMILES string of the molecule is CC12CC3(C)CC(C)(C1)CC(C(=O)Nc1ccc(C45CC6CC(CC(C6)C4)C5)cc1)(C2)C3. The number of amides is 1. The van der Waals surface area contributed by atoms with Gasteiger partial charge in [-0.05, 0) is 134 Å². The Balaban J connectivity index is 1.12. The predicted molar refractivity (Wildman–Crippen MR) is 129 cm³/mol. The van der Waals surface area contributed by atoms with Crippen molar-refractivity contribution in [3.63, 3.8) is 0 Å². The van der Waals surface area contributed by atoms with Gasteiger partial charge in [0.2, 0.25) is 5.91 Å². The number of benzene rings is 1. The molecule has 0 spiro atoms. The zero-order valence-corrected chi connectivity index (χ0v) is 20.4. The van der Waals surface area contributed by atoms with E-state index in [1.165, 1.54) is 57.8 Å². The van der Waals surface area contributed by atoms with Gasteiger partial charge in [0.15, 0.2) is 0 Å². The summed E-state index contributed by atoms with van der Waals surface area (Å²) in [6.45, 7) is 7.38. The molecule has 0 radical (unpaired) electrons. The highest BCUT2D eigenvalue weighted by molar-refractivity contribution is 5.96. The van der Waals surface area contributed by atoms with E-state index in [1.807, 2.05) is 0 Å². The van der Waals surface area contributed by atoms with Crippen LogP contribution in [0.15, 0.2) is 24.3 Å². The van der Waals surface area contributed by atoms with E-state index in [9.17, 15) is 4.79 Å². The molecule has 2 heteroatoms. The van der Waals surface area contributed by atoms with Crippen LogP contribution in [-0.4, -0.2) is 5.91 Å². The summed E-state index contributed by atoms with van der Waals surface area (Å²) in [5, 5.41) is 3.41. The first kappa shape index (κ1) is 20.1. The molecule has 1 amide bonds. The molecule has 0 aliphatic heterocycles. The molecule has 0 aromatic heterocycles. The van der Waals surface area contributed by atoms with Crippen LogP contribution in [0.4, 0.5) is 5.69 Å². The van der Waals surface area contributed by atoms with Crippen LogP contribution < -0.4 is 5.32 Å². The van der Waals surface area contributed by atoms with Crippen molar-refractivity contribution in [2.24, 2.45) is 39.4 Å². The lowest BCUT2D eigenvalue weighted by Gasteiger charge is -2.68. The number of rotatable bonds is 3. The van der Waals surface area contributed by atoms with E-state index in [0.29, 0.717) is 27.6 Å². The maximum absolute atomic E-state index is 13.8. The highest BCUT2D eigenvalue weighted by Crippen LogP contribution is 2.73. The number of hydrogen-bond acceptors (Lipinski definition) is 1. The van der Waals surface area contributed by atoms with Crippen molar-refractivity contribution in [1.29, 1.82) is 0 Å². The molecule has 172 valence electrons. The molecule has 0 unspecified atom stereocenters. The van der Waals surface area contributed by atoms with Gasteiger partial charge in [0.1, 0.15) is 0 Å². The van der Waals surface area contributed by atoms with Crippen LogP contribution >= 0.6 is 0 Å². The van der Waals surface area contributed by atoms with E-state index < -0.39 is 0 Å². The topological polar surface area (TPSA) is 29.1 Å². The van der Waals surface area contributed by atoms with E-state index in [-0.39, 0.29) is 5.41 Å². The highest BCUT2D eigenvalue weighted by atomic mass is 16.2. The van der Waals surface area contributed by atoms with Gasteiger partial charge in [-0.2, -0.15) is 0 Å². The Labute approximate surface area is 194 Å². The highest BCUT2D eigenvalue weighted by Gasteiger charge is 2.66. The van der Waals surface area contributed by atoms with Gasteiger partial charge in [0.05, 0.1) is 5.41 Å². The molecule has 8 fully saturated rings. The number of anilines is 1. The summed E-state index contributed by atoms with van der Waals surface area (Å²) in [5.74, 6) is 3.23. The molecular formula is C30H41NO. The Morgan fingerprint density at radius 1 is 0.719 bits per heavy atom. The predicted octanol–water partition coefficient (Wildman–Crippen LogP) is 7.48. The molecule has 8 aliphatic rings. The van der Waals surface area contributed by atoms with Crippen LogP contribution in [0.5, 0.6) is 0 Å². The molecule has 2 nitrogen and oxygen atoms in total. The molecule has 1 aromatic rings. The van der Waals surface area contributed by atoms with Crippen molar-refractivity contribution in [3.8, 4) is 0 Å². The average Bonchev–Trinajstić information content (AvgIpc) is 2.63. The van der Waals surface area contributed by atoms with Crippen LogP contribution in [0.3, 0.4) is 0 Å². The smallest absolute Gasteiger partial charge is 0.230 e. The van der Waals surface area contributed by atoms with Crippen molar-refractivity contribution >= 4 is 11.6 Å². The van der Waals surface area contributed by atoms with Gasteiger partial charge in [0.25, 0.3) is 0 Å². The third-order valence-corrected chi connectivity index (χ3v) is 11.1. The first-order valence-electron chi connectivity index (χ1n) is 13.5. The Morgan fingerprint density at radius 2 is 1.16 bits per heavy atom. The summed E-state index contributed by atoms with van der Waals surface area (Å²) in [6.07, 6.45) is 15.9. The lowest BCUT2D eigenvalue weighted by Crippen LogP contribution is -2.62. The molecule has 1 aromatic carbocycles. The Hall–Kier alpha value is -1.31. The van der Waals surface area contributed by atoms with Gasteiger partial charge in [-0.15, -0.1) is 0 Å². The van der Waals surface area contributed by atoms with Gasteiger partial charge in [-0.3, -0.25) is 4.79 Å². The van der Waals surface area contributed by atoms with E-state index in [2.05, 4.69) is 50.4 Å². The monoisotopic (exact) mass is 431 g/mol. The number of carbonyl (C=O) groups excluding carboxylic acids is 1. The standard InChI is InChI=1S/C30H41NO/c1-26-14-27(2)16-28(3,15-26)19-30(17-26,18-27)25(32)31-24-6-4-23(5-7-24)29-11-20-8-21(12-29)10-22(9-20)13-29/h4-7,20-22H,8-19H2,1-3H3,(H,31,32). The van der Waals surface area contributed by atoms with E-state index in [0.717, 1.165) is 42.7 Å². The summed E-state index contributed by atoms with van der Waals surface area (Å²) in [5.41, 5.74) is 3.88. The van der Waals surface area contributed by atoms with Crippen molar-refractivity contribution in [2.75, 3.05) is 5.32 Å². The van der Waals surface area contributed by atoms with E-state index in [4.69, 9.17) is 0 Å². The third-order valence-electron chi connectivity index (χ3n) is 11.1. The summed E-state index contributed by atoms with van der Waals surface area (Å²) < 4.78 is 0. The molecule has 8 bridgehead atoms. The number of carbonyl (C=O) groups is 1. The van der Waals surface area contributed by atoms with Crippen LogP contribution in [0, 0.1) is 39.4 Å².